The number of rotatable bonds is 4. The van der Waals surface area contributed by atoms with E-state index in [9.17, 15) is 4.79 Å². The van der Waals surface area contributed by atoms with Crippen molar-refractivity contribution in [3.63, 3.8) is 0 Å². The number of aromatic nitrogens is 3. The fraction of sp³-hybridized carbons (Fsp3) is 0.529. The molecule has 0 saturated heterocycles. The molecule has 7 nitrogen and oxygen atoms in total. The number of nitrogens with zero attached hydrogens (tertiary/aromatic N) is 4. The number of hydrogen-bond acceptors (Lipinski definition) is 7. The average Bonchev–Trinajstić information content (AvgIpc) is 2.88. The summed E-state index contributed by atoms with van der Waals surface area (Å²) in [6.07, 6.45) is 1.40. The van der Waals surface area contributed by atoms with E-state index >= 15 is 0 Å². The van der Waals surface area contributed by atoms with E-state index in [-0.39, 0.29) is 6.04 Å². The number of carbonyl (C=O) groups excluding carboxylic acids is 1. The molecule has 0 spiro atoms. The lowest BCUT2D eigenvalue weighted by Gasteiger charge is -2.28. The normalized spacial score (nSPS) is 12.6. The first-order chi connectivity index (χ1) is 11.5. The van der Waals surface area contributed by atoms with E-state index in [1.165, 1.54) is 4.90 Å². The lowest BCUT2D eigenvalue weighted by Crippen LogP contribution is -2.36. The Morgan fingerprint density at radius 1 is 1.32 bits per heavy atom. The highest BCUT2D eigenvalue weighted by molar-refractivity contribution is 7.15. The summed E-state index contributed by atoms with van der Waals surface area (Å²) in [5, 5.41) is 3.96. The highest BCUT2D eigenvalue weighted by Crippen LogP contribution is 2.24. The molecule has 0 aromatic carbocycles. The Bertz CT molecular complexity index is 754. The first kappa shape index (κ1) is 19.1. The van der Waals surface area contributed by atoms with Gasteiger partial charge in [0.05, 0.1) is 6.04 Å². The molecule has 0 bridgehead atoms. The molecule has 2 aromatic rings. The van der Waals surface area contributed by atoms with Gasteiger partial charge in [-0.05, 0) is 41.5 Å². The molecule has 2 heterocycles. The second-order valence-electron chi connectivity index (χ2n) is 6.92. The predicted molar refractivity (Wildman–Crippen MR) is 99.3 cm³/mol. The molecule has 0 saturated carbocycles. The van der Waals surface area contributed by atoms with Crippen molar-refractivity contribution in [1.29, 1.82) is 0 Å². The van der Waals surface area contributed by atoms with Crippen LogP contribution in [-0.2, 0) is 4.74 Å². The van der Waals surface area contributed by atoms with Crippen molar-refractivity contribution in [2.75, 3.05) is 12.4 Å². The molecule has 25 heavy (non-hydrogen) atoms. The summed E-state index contributed by atoms with van der Waals surface area (Å²) in [6.45, 7) is 11.3. The second-order valence-corrected chi connectivity index (χ2v) is 8.16. The van der Waals surface area contributed by atoms with Gasteiger partial charge in [0.25, 0.3) is 0 Å². The molecule has 1 amide bonds. The van der Waals surface area contributed by atoms with Crippen LogP contribution in [0.1, 0.15) is 50.1 Å². The zero-order chi connectivity index (χ0) is 18.8. The van der Waals surface area contributed by atoms with Crippen LogP contribution < -0.4 is 5.32 Å². The molecular formula is C17H25N5O2S. The molecule has 1 N–H and O–H groups in total. The van der Waals surface area contributed by atoms with Crippen molar-refractivity contribution in [2.45, 2.75) is 53.2 Å². The summed E-state index contributed by atoms with van der Waals surface area (Å²) in [4.78, 5) is 28.2. The first-order valence-corrected chi connectivity index (χ1v) is 8.87. The van der Waals surface area contributed by atoms with Gasteiger partial charge in [-0.25, -0.2) is 19.7 Å². The number of aryl methyl sites for hydroxylation is 2. The average molecular weight is 363 g/mol. The fourth-order valence-corrected chi connectivity index (χ4v) is 2.70. The van der Waals surface area contributed by atoms with Crippen molar-refractivity contribution in [1.82, 2.24) is 19.9 Å². The van der Waals surface area contributed by atoms with Gasteiger partial charge in [0.15, 0.2) is 11.0 Å². The Morgan fingerprint density at radius 3 is 2.56 bits per heavy atom. The van der Waals surface area contributed by atoms with Gasteiger partial charge in [0.2, 0.25) is 0 Å². The molecule has 0 aliphatic heterocycles. The number of ether oxygens (including phenoxy) is 1. The molecule has 0 aliphatic rings. The van der Waals surface area contributed by atoms with E-state index in [1.54, 1.807) is 24.6 Å². The summed E-state index contributed by atoms with van der Waals surface area (Å²) < 4.78 is 5.41. The number of amides is 1. The van der Waals surface area contributed by atoms with E-state index in [0.717, 1.165) is 15.7 Å². The van der Waals surface area contributed by atoms with E-state index in [2.05, 4.69) is 20.3 Å². The Hall–Kier alpha value is -2.22. The number of nitrogens with one attached hydrogen (secondary N) is 1. The van der Waals surface area contributed by atoms with Crippen molar-refractivity contribution in [3.8, 4) is 0 Å². The van der Waals surface area contributed by atoms with Crippen LogP contribution in [-0.4, -0.2) is 38.6 Å². The minimum Gasteiger partial charge on any atom is -0.444 e. The molecule has 8 heteroatoms. The van der Waals surface area contributed by atoms with Gasteiger partial charge >= 0.3 is 6.09 Å². The van der Waals surface area contributed by atoms with Gasteiger partial charge in [-0.15, -0.1) is 11.3 Å². The lowest BCUT2D eigenvalue weighted by molar-refractivity contribution is 0.0227. The standard InChI is InChI=1S/C17H25N5O2S/c1-10-8-13(21-15-18-9-11(2)25-15)20-14(19-10)12(3)22(7)16(23)24-17(4,5)6/h8-9,12H,1-7H3,(H,18,19,20,21)/t12-/m1/s1. The maximum Gasteiger partial charge on any atom is 0.410 e. The molecule has 0 unspecified atom stereocenters. The van der Waals surface area contributed by atoms with Crippen molar-refractivity contribution in [2.24, 2.45) is 0 Å². The smallest absolute Gasteiger partial charge is 0.410 e. The summed E-state index contributed by atoms with van der Waals surface area (Å²) in [5.41, 5.74) is 0.263. The molecule has 0 radical (unpaired) electrons. The third-order valence-corrected chi connectivity index (χ3v) is 4.19. The number of thiazole rings is 1. The maximum atomic E-state index is 12.3. The van der Waals surface area contributed by atoms with Crippen LogP contribution in [0.4, 0.5) is 15.7 Å². The molecule has 1 atom stereocenters. The zero-order valence-corrected chi connectivity index (χ0v) is 16.6. The number of anilines is 2. The SMILES string of the molecule is Cc1cc(Nc2ncc(C)s2)nc([C@@H](C)N(C)C(=O)OC(C)(C)C)n1. The van der Waals surface area contributed by atoms with E-state index in [4.69, 9.17) is 4.74 Å². The number of carbonyl (C=O) groups is 1. The Morgan fingerprint density at radius 2 is 2.00 bits per heavy atom. The largest absolute Gasteiger partial charge is 0.444 e. The zero-order valence-electron chi connectivity index (χ0n) is 15.7. The molecule has 0 aliphatic carbocycles. The Kier molecular flexibility index (Phi) is 5.62. The van der Waals surface area contributed by atoms with Crippen molar-refractivity contribution >= 4 is 28.4 Å². The third-order valence-electron chi connectivity index (χ3n) is 3.36. The van der Waals surface area contributed by atoms with Crippen LogP contribution in [0.5, 0.6) is 0 Å². The predicted octanol–water partition coefficient (Wildman–Crippen LogP) is 4.22. The maximum absolute atomic E-state index is 12.3. The minimum absolute atomic E-state index is 0.326. The van der Waals surface area contributed by atoms with Gasteiger partial charge in [-0.3, -0.25) is 0 Å². The van der Waals surface area contributed by atoms with Gasteiger partial charge in [0, 0.05) is 29.9 Å². The van der Waals surface area contributed by atoms with E-state index in [0.29, 0.717) is 11.6 Å². The topological polar surface area (TPSA) is 80.2 Å². The first-order valence-electron chi connectivity index (χ1n) is 8.06. The highest BCUT2D eigenvalue weighted by Gasteiger charge is 2.25. The van der Waals surface area contributed by atoms with Crippen LogP contribution in [0.2, 0.25) is 0 Å². The highest BCUT2D eigenvalue weighted by atomic mass is 32.1. The third kappa shape index (κ3) is 5.38. The van der Waals surface area contributed by atoms with E-state index < -0.39 is 11.7 Å². The van der Waals surface area contributed by atoms with Crippen LogP contribution in [0.15, 0.2) is 12.3 Å². The summed E-state index contributed by atoms with van der Waals surface area (Å²) >= 11 is 1.55. The Balaban J connectivity index is 2.19. The number of hydrogen-bond donors (Lipinski definition) is 1. The summed E-state index contributed by atoms with van der Waals surface area (Å²) in [6, 6.07) is 1.52. The summed E-state index contributed by atoms with van der Waals surface area (Å²) in [5.74, 6) is 1.20. The quantitative estimate of drug-likeness (QED) is 0.876. The summed E-state index contributed by atoms with van der Waals surface area (Å²) in [7, 11) is 1.68. The fourth-order valence-electron chi connectivity index (χ4n) is 2.03. The van der Waals surface area contributed by atoms with Crippen LogP contribution in [0.3, 0.4) is 0 Å². The Labute approximate surface area is 152 Å². The minimum atomic E-state index is -0.548. The van der Waals surface area contributed by atoms with Crippen LogP contribution in [0.25, 0.3) is 0 Å². The molecule has 2 aromatic heterocycles. The molecule has 0 fully saturated rings. The second kappa shape index (κ2) is 7.35. The van der Waals surface area contributed by atoms with Crippen molar-refractivity contribution in [3.05, 3.63) is 28.7 Å². The van der Waals surface area contributed by atoms with Crippen LogP contribution in [0, 0.1) is 13.8 Å². The van der Waals surface area contributed by atoms with Gasteiger partial charge in [-0.2, -0.15) is 0 Å². The molecular weight excluding hydrogens is 338 g/mol. The monoisotopic (exact) mass is 363 g/mol. The van der Waals surface area contributed by atoms with Gasteiger partial charge < -0.3 is 15.0 Å². The lowest BCUT2D eigenvalue weighted by atomic mass is 10.2. The van der Waals surface area contributed by atoms with E-state index in [1.807, 2.05) is 47.6 Å². The van der Waals surface area contributed by atoms with Gasteiger partial charge in [0.1, 0.15) is 11.4 Å². The van der Waals surface area contributed by atoms with Crippen molar-refractivity contribution < 1.29 is 9.53 Å². The van der Waals surface area contributed by atoms with Crippen LogP contribution >= 0.6 is 11.3 Å². The van der Waals surface area contributed by atoms with Gasteiger partial charge in [-0.1, -0.05) is 0 Å². The molecule has 2 rings (SSSR count). The molecule has 136 valence electrons.